The molecule has 1 rings (SSSR count). The molecule has 0 fully saturated rings. The lowest BCUT2D eigenvalue weighted by Gasteiger charge is -2.30. The van der Waals surface area contributed by atoms with Gasteiger partial charge in [-0.3, -0.25) is 0 Å². The quantitative estimate of drug-likeness (QED) is 0.477. The van der Waals surface area contributed by atoms with E-state index in [2.05, 4.69) is 12.2 Å². The second-order valence-corrected chi connectivity index (χ2v) is 4.72. The van der Waals surface area contributed by atoms with E-state index in [1.807, 2.05) is 18.2 Å². The maximum Gasteiger partial charge on any atom is 0.407 e. The van der Waals surface area contributed by atoms with E-state index >= 15 is 0 Å². The van der Waals surface area contributed by atoms with E-state index in [-0.39, 0.29) is 17.9 Å². The molecule has 0 aromatic rings. The van der Waals surface area contributed by atoms with Crippen LogP contribution in [0.25, 0.3) is 0 Å². The van der Waals surface area contributed by atoms with E-state index in [0.717, 1.165) is 6.42 Å². The number of rotatable bonds is 5. The van der Waals surface area contributed by atoms with Crippen LogP contribution in [0.3, 0.4) is 0 Å². The van der Waals surface area contributed by atoms with Gasteiger partial charge in [-0.1, -0.05) is 25.2 Å². The maximum absolute atomic E-state index is 11.5. The molecule has 1 aliphatic rings. The van der Waals surface area contributed by atoms with Gasteiger partial charge < -0.3 is 14.8 Å². The number of carbonyl (C=O) groups is 2. The maximum atomic E-state index is 11.5. The van der Waals surface area contributed by atoms with Gasteiger partial charge in [0.05, 0.1) is 19.3 Å². The van der Waals surface area contributed by atoms with Gasteiger partial charge >= 0.3 is 12.1 Å². The van der Waals surface area contributed by atoms with Crippen molar-refractivity contribution >= 4 is 12.1 Å². The van der Waals surface area contributed by atoms with Crippen molar-refractivity contribution in [1.29, 1.82) is 0 Å². The average Bonchev–Trinajstić information content (AvgIpc) is 2.38. The highest BCUT2D eigenvalue weighted by Crippen LogP contribution is 2.26. The summed E-state index contributed by atoms with van der Waals surface area (Å²) in [6, 6.07) is -0.163. The van der Waals surface area contributed by atoms with Gasteiger partial charge in [0.15, 0.2) is 0 Å². The lowest BCUT2D eigenvalue weighted by molar-refractivity contribution is -0.137. The molecule has 1 amide bonds. The summed E-state index contributed by atoms with van der Waals surface area (Å²) in [5.74, 6) is 0.0237. The number of carbonyl (C=O) groups excluding carboxylic acids is 2. The summed E-state index contributed by atoms with van der Waals surface area (Å²) in [7, 11) is 0. The van der Waals surface area contributed by atoms with E-state index in [1.165, 1.54) is 6.08 Å². The van der Waals surface area contributed by atoms with Crippen LogP contribution in [0.2, 0.25) is 0 Å². The first-order chi connectivity index (χ1) is 9.58. The molecule has 0 aliphatic heterocycles. The Hall–Kier alpha value is -1.78. The molecular weight excluding hydrogens is 258 g/mol. The molecular formula is C15H23NO4. The molecule has 1 aliphatic carbocycles. The van der Waals surface area contributed by atoms with E-state index in [4.69, 9.17) is 9.47 Å². The Kier molecular flexibility index (Phi) is 6.84. The third-order valence-electron chi connectivity index (χ3n) is 3.22. The lowest BCUT2D eigenvalue weighted by atomic mass is 9.80. The van der Waals surface area contributed by atoms with E-state index in [0.29, 0.717) is 19.1 Å². The predicted molar refractivity (Wildman–Crippen MR) is 76.1 cm³/mol. The van der Waals surface area contributed by atoms with Crippen LogP contribution in [-0.4, -0.2) is 31.3 Å². The Morgan fingerprint density at radius 2 is 2.00 bits per heavy atom. The van der Waals surface area contributed by atoms with Gasteiger partial charge in [-0.05, 0) is 26.2 Å². The number of hydrogen-bond acceptors (Lipinski definition) is 4. The second kappa shape index (κ2) is 8.40. The van der Waals surface area contributed by atoms with Gasteiger partial charge in [0, 0.05) is 12.0 Å². The van der Waals surface area contributed by atoms with Gasteiger partial charge in [0.2, 0.25) is 0 Å². The summed E-state index contributed by atoms with van der Waals surface area (Å²) >= 11 is 0. The van der Waals surface area contributed by atoms with Crippen LogP contribution in [0.4, 0.5) is 4.79 Å². The minimum atomic E-state index is -0.439. The summed E-state index contributed by atoms with van der Waals surface area (Å²) in [6.45, 7) is 6.30. The Morgan fingerprint density at radius 1 is 1.30 bits per heavy atom. The van der Waals surface area contributed by atoms with Gasteiger partial charge in [0.1, 0.15) is 0 Å². The van der Waals surface area contributed by atoms with Crippen LogP contribution < -0.4 is 5.32 Å². The first kappa shape index (κ1) is 16.3. The molecule has 20 heavy (non-hydrogen) atoms. The number of esters is 1. The van der Waals surface area contributed by atoms with Crippen LogP contribution >= 0.6 is 0 Å². The zero-order valence-corrected chi connectivity index (χ0v) is 12.3. The normalized spacial score (nSPS) is 25.4. The standard InChI is InChI=1S/C15H23NO4/c1-4-19-14(17)10-9-12-11(3)7-6-8-13(12)16-15(18)20-5-2/h6,8-13H,4-5,7H2,1-3H3,(H,16,18)/b10-9+. The molecule has 0 bridgehead atoms. The molecule has 0 radical (unpaired) electrons. The largest absolute Gasteiger partial charge is 0.463 e. The number of alkyl carbamates (subject to hydrolysis) is 1. The zero-order valence-electron chi connectivity index (χ0n) is 12.3. The third-order valence-corrected chi connectivity index (χ3v) is 3.22. The number of amides is 1. The van der Waals surface area contributed by atoms with Gasteiger partial charge in [-0.2, -0.15) is 0 Å². The van der Waals surface area contributed by atoms with Crippen molar-refractivity contribution in [1.82, 2.24) is 5.32 Å². The van der Waals surface area contributed by atoms with Gasteiger partial charge in [-0.15, -0.1) is 0 Å². The van der Waals surface area contributed by atoms with Crippen molar-refractivity contribution in [2.75, 3.05) is 13.2 Å². The molecule has 0 spiro atoms. The molecule has 0 saturated heterocycles. The van der Waals surface area contributed by atoms with Crippen LogP contribution in [0.1, 0.15) is 27.2 Å². The molecule has 0 aromatic heterocycles. The zero-order chi connectivity index (χ0) is 15.0. The number of allylic oxidation sites excluding steroid dienone is 1. The summed E-state index contributed by atoms with van der Waals surface area (Å²) in [6.07, 6.45) is 7.70. The van der Waals surface area contributed by atoms with Crippen LogP contribution in [0.15, 0.2) is 24.3 Å². The van der Waals surface area contributed by atoms with E-state index in [9.17, 15) is 9.59 Å². The predicted octanol–water partition coefficient (Wildman–Crippen LogP) is 2.43. The van der Waals surface area contributed by atoms with Crippen molar-refractivity contribution in [2.45, 2.75) is 33.2 Å². The molecule has 0 saturated carbocycles. The fourth-order valence-corrected chi connectivity index (χ4v) is 2.22. The first-order valence-corrected chi connectivity index (χ1v) is 7.03. The van der Waals surface area contributed by atoms with Crippen molar-refractivity contribution in [3.8, 4) is 0 Å². The Balaban J connectivity index is 2.69. The van der Waals surface area contributed by atoms with Crippen LogP contribution in [0, 0.1) is 11.8 Å². The third kappa shape index (κ3) is 5.07. The Morgan fingerprint density at radius 3 is 2.65 bits per heavy atom. The van der Waals surface area contributed by atoms with E-state index in [1.54, 1.807) is 13.8 Å². The minimum Gasteiger partial charge on any atom is -0.463 e. The average molecular weight is 281 g/mol. The topological polar surface area (TPSA) is 64.6 Å². The molecule has 3 atom stereocenters. The molecule has 5 heteroatoms. The fraction of sp³-hybridized carbons (Fsp3) is 0.600. The van der Waals surface area contributed by atoms with Crippen molar-refractivity contribution in [3.05, 3.63) is 24.3 Å². The highest BCUT2D eigenvalue weighted by molar-refractivity contribution is 5.82. The number of ether oxygens (including phenoxy) is 2. The lowest BCUT2D eigenvalue weighted by Crippen LogP contribution is -2.42. The smallest absolute Gasteiger partial charge is 0.407 e. The van der Waals surface area contributed by atoms with E-state index < -0.39 is 6.09 Å². The SMILES string of the molecule is CCOC(=O)/C=C/C1C(C)CC=CC1NC(=O)OCC. The summed E-state index contributed by atoms with van der Waals surface area (Å²) in [5, 5.41) is 2.80. The highest BCUT2D eigenvalue weighted by Gasteiger charge is 2.27. The monoisotopic (exact) mass is 281 g/mol. The summed E-state index contributed by atoms with van der Waals surface area (Å²) < 4.78 is 9.76. The molecule has 5 nitrogen and oxygen atoms in total. The fourth-order valence-electron chi connectivity index (χ4n) is 2.22. The first-order valence-electron chi connectivity index (χ1n) is 7.03. The van der Waals surface area contributed by atoms with Crippen LogP contribution in [0.5, 0.6) is 0 Å². The van der Waals surface area contributed by atoms with Crippen molar-refractivity contribution in [3.63, 3.8) is 0 Å². The highest BCUT2D eigenvalue weighted by atomic mass is 16.5. The molecule has 0 aromatic carbocycles. The number of nitrogens with one attached hydrogen (secondary N) is 1. The minimum absolute atomic E-state index is 0.0498. The van der Waals surface area contributed by atoms with Gasteiger partial charge in [-0.25, -0.2) is 9.59 Å². The number of hydrogen-bond donors (Lipinski definition) is 1. The molecule has 1 N–H and O–H groups in total. The van der Waals surface area contributed by atoms with Gasteiger partial charge in [0.25, 0.3) is 0 Å². The van der Waals surface area contributed by atoms with Crippen molar-refractivity contribution < 1.29 is 19.1 Å². The summed E-state index contributed by atoms with van der Waals surface area (Å²) in [5.41, 5.74) is 0. The van der Waals surface area contributed by atoms with Crippen molar-refractivity contribution in [2.24, 2.45) is 11.8 Å². The Labute approximate surface area is 120 Å². The van der Waals surface area contributed by atoms with Crippen LogP contribution in [-0.2, 0) is 14.3 Å². The molecule has 0 heterocycles. The Bertz CT molecular complexity index is 389. The molecule has 112 valence electrons. The summed E-state index contributed by atoms with van der Waals surface area (Å²) in [4.78, 5) is 22.9. The second-order valence-electron chi connectivity index (χ2n) is 4.72. The molecule has 3 unspecified atom stereocenters.